The Kier molecular flexibility index (Phi) is 10.2. The van der Waals surface area contributed by atoms with Crippen molar-refractivity contribution in [1.82, 2.24) is 15.2 Å². The van der Waals surface area contributed by atoms with Crippen molar-refractivity contribution in [1.29, 1.82) is 0 Å². The number of amides is 1. The highest BCUT2D eigenvalue weighted by Gasteiger charge is 2.26. The number of hydrogen-bond donors (Lipinski definition) is 3. The van der Waals surface area contributed by atoms with E-state index in [4.69, 9.17) is 0 Å². The summed E-state index contributed by atoms with van der Waals surface area (Å²) in [4.78, 5) is 40.0. The van der Waals surface area contributed by atoms with Crippen molar-refractivity contribution < 1.29 is 19.6 Å². The summed E-state index contributed by atoms with van der Waals surface area (Å²) >= 11 is 0. The number of nitrogens with zero attached hydrogens (tertiary/aromatic N) is 2. The summed E-state index contributed by atoms with van der Waals surface area (Å²) in [7, 11) is 0. The van der Waals surface area contributed by atoms with Crippen LogP contribution in [-0.4, -0.2) is 50.9 Å². The highest BCUT2D eigenvalue weighted by atomic mass is 16.6. The van der Waals surface area contributed by atoms with Crippen LogP contribution in [0.4, 0.5) is 5.69 Å². The standard InChI is InChI=1S/C28H36N4O5/c1-20(2)18-31(19-21-10-13-23(14-11-21)32(36)37)26(28(34)35)9-5-6-16-29-27(33)15-12-22-17-30-25-8-4-3-7-24(22)25/h3-4,7-8,10-11,13-14,17,20,26,30H,5-6,9,12,15-16,18-19H2,1-2H3,(H,29,33)(H,34,35)/t26-/m1/s1. The molecule has 0 unspecified atom stereocenters. The Balaban J connectivity index is 1.46. The third-order valence-corrected chi connectivity index (χ3v) is 6.38. The molecule has 1 heterocycles. The average molecular weight is 509 g/mol. The molecule has 3 N–H and O–H groups in total. The first-order valence-electron chi connectivity index (χ1n) is 12.8. The predicted molar refractivity (Wildman–Crippen MR) is 143 cm³/mol. The van der Waals surface area contributed by atoms with Crippen LogP contribution in [0.3, 0.4) is 0 Å². The molecule has 0 spiro atoms. The monoisotopic (exact) mass is 508 g/mol. The molecule has 0 aliphatic rings. The highest BCUT2D eigenvalue weighted by molar-refractivity contribution is 5.84. The maximum absolute atomic E-state index is 12.3. The summed E-state index contributed by atoms with van der Waals surface area (Å²) in [5, 5.41) is 24.9. The largest absolute Gasteiger partial charge is 0.480 e. The van der Waals surface area contributed by atoms with Crippen LogP contribution in [0.25, 0.3) is 10.9 Å². The summed E-state index contributed by atoms with van der Waals surface area (Å²) in [6.45, 7) is 5.57. The van der Waals surface area contributed by atoms with Crippen LogP contribution >= 0.6 is 0 Å². The van der Waals surface area contributed by atoms with E-state index in [-0.39, 0.29) is 17.5 Å². The fraction of sp³-hybridized carbons (Fsp3) is 0.429. The SMILES string of the molecule is CC(C)CN(Cc1ccc([N+](=O)[O-])cc1)[C@H](CCCCNC(=O)CCc1c[nH]c2ccccc12)C(=O)O. The van der Waals surface area contributed by atoms with E-state index in [2.05, 4.69) is 10.3 Å². The fourth-order valence-corrected chi connectivity index (χ4v) is 4.56. The van der Waals surface area contributed by atoms with Crippen LogP contribution in [0.1, 0.15) is 50.7 Å². The number of non-ortho nitro benzene ring substituents is 1. The molecule has 1 atom stereocenters. The molecule has 1 aromatic heterocycles. The number of nitro groups is 1. The van der Waals surface area contributed by atoms with Crippen LogP contribution in [0.2, 0.25) is 0 Å². The van der Waals surface area contributed by atoms with Gasteiger partial charge in [-0.25, -0.2) is 0 Å². The molecule has 9 heteroatoms. The number of aliphatic carboxylic acids is 1. The summed E-state index contributed by atoms with van der Waals surface area (Å²) in [6.07, 6.45) is 4.81. The summed E-state index contributed by atoms with van der Waals surface area (Å²) < 4.78 is 0. The molecule has 37 heavy (non-hydrogen) atoms. The summed E-state index contributed by atoms with van der Waals surface area (Å²) in [5.41, 5.74) is 3.02. The minimum absolute atomic E-state index is 0.0115. The number of aromatic nitrogens is 1. The van der Waals surface area contributed by atoms with Crippen molar-refractivity contribution >= 4 is 28.5 Å². The fourth-order valence-electron chi connectivity index (χ4n) is 4.56. The third kappa shape index (κ3) is 8.42. The molecular formula is C28H36N4O5. The second kappa shape index (κ2) is 13.5. The molecule has 9 nitrogen and oxygen atoms in total. The molecule has 0 fully saturated rings. The van der Waals surface area contributed by atoms with E-state index in [0.29, 0.717) is 51.7 Å². The quantitative estimate of drug-likeness (QED) is 0.152. The smallest absolute Gasteiger partial charge is 0.320 e. The van der Waals surface area contributed by atoms with Gasteiger partial charge in [0, 0.05) is 55.3 Å². The molecule has 0 aliphatic carbocycles. The average Bonchev–Trinajstić information content (AvgIpc) is 3.27. The van der Waals surface area contributed by atoms with Crippen LogP contribution in [-0.2, 0) is 22.6 Å². The molecular weight excluding hydrogens is 472 g/mol. The van der Waals surface area contributed by atoms with Gasteiger partial charge in [0.2, 0.25) is 5.91 Å². The van der Waals surface area contributed by atoms with Crippen molar-refractivity contribution in [2.75, 3.05) is 13.1 Å². The minimum atomic E-state index is -0.884. The van der Waals surface area contributed by atoms with Crippen molar-refractivity contribution in [3.63, 3.8) is 0 Å². The third-order valence-electron chi connectivity index (χ3n) is 6.38. The topological polar surface area (TPSA) is 129 Å². The number of fused-ring (bicyclic) bond motifs is 1. The van der Waals surface area contributed by atoms with E-state index in [0.717, 1.165) is 22.0 Å². The first-order valence-corrected chi connectivity index (χ1v) is 12.8. The Hall–Kier alpha value is -3.72. The molecule has 0 saturated heterocycles. The van der Waals surface area contributed by atoms with Gasteiger partial charge in [-0.15, -0.1) is 0 Å². The first-order chi connectivity index (χ1) is 17.7. The van der Waals surface area contributed by atoms with Gasteiger partial charge < -0.3 is 15.4 Å². The van der Waals surface area contributed by atoms with Gasteiger partial charge in [-0.3, -0.25) is 24.6 Å². The van der Waals surface area contributed by atoms with Gasteiger partial charge in [-0.2, -0.15) is 0 Å². The van der Waals surface area contributed by atoms with E-state index < -0.39 is 16.9 Å². The Labute approximate surface area is 217 Å². The van der Waals surface area contributed by atoms with Gasteiger partial charge in [-0.05, 0) is 48.8 Å². The molecule has 3 rings (SSSR count). The maximum Gasteiger partial charge on any atom is 0.320 e. The predicted octanol–water partition coefficient (Wildman–Crippen LogP) is 4.91. The van der Waals surface area contributed by atoms with E-state index in [1.54, 1.807) is 12.1 Å². The molecule has 0 bridgehead atoms. The van der Waals surface area contributed by atoms with Gasteiger partial charge in [-0.1, -0.05) is 44.2 Å². The lowest BCUT2D eigenvalue weighted by atomic mass is 10.0. The van der Waals surface area contributed by atoms with Crippen molar-refractivity contribution in [3.8, 4) is 0 Å². The van der Waals surface area contributed by atoms with Crippen LogP contribution < -0.4 is 5.32 Å². The number of nitro benzene ring substituents is 1. The lowest BCUT2D eigenvalue weighted by Crippen LogP contribution is -2.42. The molecule has 0 radical (unpaired) electrons. The number of H-pyrrole nitrogens is 1. The number of benzene rings is 2. The molecule has 198 valence electrons. The normalized spacial score (nSPS) is 12.2. The second-order valence-electron chi connectivity index (χ2n) is 9.81. The number of hydrogen-bond acceptors (Lipinski definition) is 5. The number of aryl methyl sites for hydroxylation is 1. The minimum Gasteiger partial charge on any atom is -0.480 e. The van der Waals surface area contributed by atoms with E-state index in [9.17, 15) is 24.8 Å². The zero-order valence-corrected chi connectivity index (χ0v) is 21.5. The second-order valence-corrected chi connectivity index (χ2v) is 9.81. The zero-order chi connectivity index (χ0) is 26.8. The molecule has 2 aromatic carbocycles. The lowest BCUT2D eigenvalue weighted by molar-refractivity contribution is -0.384. The zero-order valence-electron chi connectivity index (χ0n) is 21.5. The van der Waals surface area contributed by atoms with Gasteiger partial charge in [0.05, 0.1) is 4.92 Å². The van der Waals surface area contributed by atoms with Crippen molar-refractivity contribution in [2.24, 2.45) is 5.92 Å². The van der Waals surface area contributed by atoms with Gasteiger partial charge in [0.25, 0.3) is 5.69 Å². The van der Waals surface area contributed by atoms with Crippen LogP contribution in [0.5, 0.6) is 0 Å². The Bertz CT molecular complexity index is 1190. The van der Waals surface area contributed by atoms with Crippen LogP contribution in [0.15, 0.2) is 54.7 Å². The number of nitrogens with one attached hydrogen (secondary N) is 2. The Morgan fingerprint density at radius 2 is 1.84 bits per heavy atom. The number of carbonyl (C=O) groups excluding carboxylic acids is 1. The number of para-hydroxylation sites is 1. The van der Waals surface area contributed by atoms with Gasteiger partial charge >= 0.3 is 5.97 Å². The number of carboxylic acids is 1. The molecule has 1 amide bonds. The van der Waals surface area contributed by atoms with Crippen LogP contribution in [0, 0.1) is 16.0 Å². The molecule has 0 aliphatic heterocycles. The number of aromatic amines is 1. The van der Waals surface area contributed by atoms with Gasteiger partial charge in [0.1, 0.15) is 6.04 Å². The number of carbonyl (C=O) groups is 2. The number of carboxylic acid groups (broad SMARTS) is 1. The molecule has 0 saturated carbocycles. The Morgan fingerprint density at radius 1 is 1.11 bits per heavy atom. The molecule has 3 aromatic rings. The van der Waals surface area contributed by atoms with Crippen molar-refractivity contribution in [3.05, 3.63) is 76.0 Å². The number of rotatable bonds is 15. The lowest BCUT2D eigenvalue weighted by Gasteiger charge is -2.30. The Morgan fingerprint density at radius 3 is 2.51 bits per heavy atom. The van der Waals surface area contributed by atoms with E-state index in [1.807, 2.05) is 49.2 Å². The first kappa shape index (κ1) is 27.9. The van der Waals surface area contributed by atoms with Gasteiger partial charge in [0.15, 0.2) is 0 Å². The van der Waals surface area contributed by atoms with E-state index in [1.165, 1.54) is 12.1 Å². The van der Waals surface area contributed by atoms with Crippen molar-refractivity contribution in [2.45, 2.75) is 58.5 Å². The summed E-state index contributed by atoms with van der Waals surface area (Å²) in [6, 6.07) is 13.6. The highest BCUT2D eigenvalue weighted by Crippen LogP contribution is 2.20. The van der Waals surface area contributed by atoms with E-state index >= 15 is 0 Å². The maximum atomic E-state index is 12.3. The number of unbranched alkanes of at least 4 members (excludes halogenated alkanes) is 1. The summed E-state index contributed by atoms with van der Waals surface area (Å²) in [5.74, 6) is -0.638.